The first-order valence-corrected chi connectivity index (χ1v) is 12.5. The molecule has 1 aromatic carbocycles. The van der Waals surface area contributed by atoms with Crippen LogP contribution >= 0.6 is 0 Å². The number of guanidine groups is 1. The molecule has 8 nitrogen and oxygen atoms in total. The van der Waals surface area contributed by atoms with Crippen molar-refractivity contribution < 1.29 is 31.1 Å². The van der Waals surface area contributed by atoms with E-state index in [0.717, 1.165) is 12.7 Å². The molecule has 182 valence electrons. The molecule has 1 amide bonds. The summed E-state index contributed by atoms with van der Waals surface area (Å²) in [5, 5.41) is 5.27. The summed E-state index contributed by atoms with van der Waals surface area (Å²) in [6.07, 6.45) is -1.65. The van der Waals surface area contributed by atoms with Crippen LogP contribution in [-0.4, -0.2) is 57.8 Å². The Labute approximate surface area is 190 Å². The molecule has 4 atom stereocenters. The van der Waals surface area contributed by atoms with E-state index >= 15 is 0 Å². The van der Waals surface area contributed by atoms with E-state index in [4.69, 9.17) is 4.74 Å². The number of carbonyl (C=O) groups excluding carboxylic acids is 1. The summed E-state index contributed by atoms with van der Waals surface area (Å²) in [7, 11) is -3.26. The van der Waals surface area contributed by atoms with E-state index in [1.165, 1.54) is 19.1 Å². The van der Waals surface area contributed by atoms with Crippen LogP contribution in [0.15, 0.2) is 39.1 Å². The molecule has 0 radical (unpaired) electrons. The number of alkyl halides is 3. The van der Waals surface area contributed by atoms with E-state index in [1.54, 1.807) is 18.3 Å². The number of nitrogens with zero attached hydrogens (tertiary/aromatic N) is 2. The zero-order chi connectivity index (χ0) is 24.2. The molecule has 1 aliphatic heterocycles. The predicted molar refractivity (Wildman–Crippen MR) is 118 cm³/mol. The Kier molecular flexibility index (Phi) is 7.65. The average Bonchev–Trinajstić information content (AvgIpc) is 3.15. The van der Waals surface area contributed by atoms with Crippen LogP contribution in [0.5, 0.6) is 0 Å². The third-order valence-corrected chi connectivity index (χ3v) is 6.71. The minimum Gasteiger partial charge on any atom is -0.446 e. The number of aliphatic imine (C=N–C) groups is 2. The number of benzene rings is 1. The summed E-state index contributed by atoms with van der Waals surface area (Å²) in [5.74, 6) is 0.699. The van der Waals surface area contributed by atoms with Gasteiger partial charge in [-0.05, 0) is 56.4 Å². The van der Waals surface area contributed by atoms with Crippen LogP contribution in [0.3, 0.4) is 0 Å². The highest BCUT2D eigenvalue weighted by Crippen LogP contribution is 2.34. The fourth-order valence-electron chi connectivity index (χ4n) is 3.96. The molecule has 0 aromatic heterocycles. The number of anilines is 1. The topological polar surface area (TPSA) is 109 Å². The maximum Gasteiger partial charge on any atom is 0.407 e. The van der Waals surface area contributed by atoms with Crippen LogP contribution in [0, 0.1) is 11.8 Å². The Hall–Kier alpha value is -2.63. The number of sulfone groups is 1. The second-order valence-corrected chi connectivity index (χ2v) is 10.5. The Balaban J connectivity index is 1.44. The van der Waals surface area contributed by atoms with Crippen molar-refractivity contribution in [1.82, 2.24) is 5.32 Å². The molecular formula is C21H27F3N4O4S. The molecule has 0 saturated heterocycles. The highest BCUT2D eigenvalue weighted by Gasteiger charge is 2.34. The van der Waals surface area contributed by atoms with E-state index in [1.807, 2.05) is 0 Å². The summed E-state index contributed by atoms with van der Waals surface area (Å²) in [4.78, 5) is 20.9. The third kappa shape index (κ3) is 7.72. The van der Waals surface area contributed by atoms with Crippen molar-refractivity contribution in [2.45, 2.75) is 55.8 Å². The van der Waals surface area contributed by atoms with Crippen LogP contribution in [0.1, 0.15) is 32.6 Å². The number of nitrogens with one attached hydrogen (secondary N) is 2. The third-order valence-electron chi connectivity index (χ3n) is 5.58. The Morgan fingerprint density at radius 2 is 1.94 bits per heavy atom. The first kappa shape index (κ1) is 25.0. The lowest BCUT2D eigenvalue weighted by Crippen LogP contribution is -2.37. The monoisotopic (exact) mass is 488 g/mol. The van der Waals surface area contributed by atoms with Gasteiger partial charge in [0.15, 0.2) is 9.84 Å². The van der Waals surface area contributed by atoms with Gasteiger partial charge in [0.05, 0.1) is 17.9 Å². The normalized spacial score (nSPS) is 24.2. The maximum absolute atomic E-state index is 12.4. The largest absolute Gasteiger partial charge is 0.446 e. The minimum absolute atomic E-state index is 0.0731. The molecule has 0 spiro atoms. The predicted octanol–water partition coefficient (Wildman–Crippen LogP) is 3.79. The quantitative estimate of drug-likeness (QED) is 0.633. The average molecular weight is 489 g/mol. The molecule has 1 aromatic rings. The fourth-order valence-corrected chi connectivity index (χ4v) is 4.59. The van der Waals surface area contributed by atoms with Crippen molar-refractivity contribution in [3.63, 3.8) is 0 Å². The number of ether oxygens (including phenoxy) is 1. The SMILES string of the molecule is C[C@@H](CC(F)(F)F)NC(=O)O[C@@H]1CC[C@H](C2C=NC(Nc3ccc(S(C)(=O)=O)cc3)=NC2)C1. The molecule has 12 heteroatoms. The van der Waals surface area contributed by atoms with Gasteiger partial charge in [-0.3, -0.25) is 4.99 Å². The van der Waals surface area contributed by atoms with Gasteiger partial charge >= 0.3 is 12.3 Å². The number of hydrogen-bond donors (Lipinski definition) is 2. The van der Waals surface area contributed by atoms with E-state index in [9.17, 15) is 26.4 Å². The first-order valence-electron chi connectivity index (χ1n) is 10.6. The molecule has 33 heavy (non-hydrogen) atoms. The molecule has 1 heterocycles. The molecule has 2 N–H and O–H groups in total. The van der Waals surface area contributed by atoms with Crippen molar-refractivity contribution >= 4 is 33.8 Å². The van der Waals surface area contributed by atoms with Gasteiger partial charge < -0.3 is 15.4 Å². The first-order chi connectivity index (χ1) is 15.4. The number of alkyl carbamates (subject to hydrolysis) is 1. The van der Waals surface area contributed by atoms with Crippen LogP contribution in [0.2, 0.25) is 0 Å². The maximum atomic E-state index is 12.4. The summed E-state index contributed by atoms with van der Waals surface area (Å²) in [6, 6.07) is 5.24. The minimum atomic E-state index is -4.35. The highest BCUT2D eigenvalue weighted by molar-refractivity contribution is 7.90. The van der Waals surface area contributed by atoms with Crippen molar-refractivity contribution in [3.8, 4) is 0 Å². The summed E-state index contributed by atoms with van der Waals surface area (Å²) < 4.78 is 65.5. The lowest BCUT2D eigenvalue weighted by molar-refractivity contribution is -0.138. The lowest BCUT2D eigenvalue weighted by Gasteiger charge is -2.22. The number of carbonyl (C=O) groups is 1. The second-order valence-electron chi connectivity index (χ2n) is 8.49. The highest BCUT2D eigenvalue weighted by atomic mass is 32.2. The van der Waals surface area contributed by atoms with Crippen LogP contribution < -0.4 is 10.6 Å². The molecule has 1 saturated carbocycles. The van der Waals surface area contributed by atoms with Gasteiger partial charge in [0.25, 0.3) is 0 Å². The smallest absolute Gasteiger partial charge is 0.407 e. The molecule has 2 aliphatic rings. The molecule has 1 fully saturated rings. The molecular weight excluding hydrogens is 461 g/mol. The standard InChI is InChI=1S/C21H27F3N4O4S/c1-13(10-21(22,23)24)27-20(29)32-17-6-3-14(9-17)15-11-25-19(26-12-15)28-16-4-7-18(8-5-16)33(2,30)31/h4-5,7-8,11,13-15,17H,3,6,9-10,12H2,1-2H3,(H,26,28)(H,27,29)/t13-,14-,15?,17+/m0/s1. The van der Waals surface area contributed by atoms with Crippen LogP contribution in [0.25, 0.3) is 0 Å². The second kappa shape index (κ2) is 10.1. The molecule has 1 aliphatic carbocycles. The van der Waals surface area contributed by atoms with E-state index in [-0.39, 0.29) is 22.8 Å². The zero-order valence-electron chi connectivity index (χ0n) is 18.3. The Bertz CT molecular complexity index is 1010. The van der Waals surface area contributed by atoms with E-state index < -0.39 is 34.6 Å². The van der Waals surface area contributed by atoms with Gasteiger partial charge in [0, 0.05) is 30.1 Å². The summed E-state index contributed by atoms with van der Waals surface area (Å²) in [6.45, 7) is 1.79. The molecule has 1 unspecified atom stereocenters. The van der Waals surface area contributed by atoms with Gasteiger partial charge in [0.2, 0.25) is 5.96 Å². The van der Waals surface area contributed by atoms with Crippen LogP contribution in [-0.2, 0) is 14.6 Å². The van der Waals surface area contributed by atoms with Crippen molar-refractivity contribution in [1.29, 1.82) is 0 Å². The van der Waals surface area contributed by atoms with Crippen molar-refractivity contribution in [2.75, 3.05) is 18.1 Å². The zero-order valence-corrected chi connectivity index (χ0v) is 19.1. The van der Waals surface area contributed by atoms with Gasteiger partial charge in [-0.2, -0.15) is 13.2 Å². The van der Waals surface area contributed by atoms with Crippen LogP contribution in [0.4, 0.5) is 23.7 Å². The van der Waals surface area contributed by atoms with Gasteiger partial charge in [-0.15, -0.1) is 0 Å². The molecule has 0 bridgehead atoms. The van der Waals surface area contributed by atoms with Gasteiger partial charge in [-0.1, -0.05) is 0 Å². The summed E-state index contributed by atoms with van der Waals surface area (Å²) >= 11 is 0. The van der Waals surface area contributed by atoms with Crippen molar-refractivity contribution in [3.05, 3.63) is 24.3 Å². The van der Waals surface area contributed by atoms with E-state index in [2.05, 4.69) is 20.6 Å². The van der Waals surface area contributed by atoms with Crippen molar-refractivity contribution in [2.24, 2.45) is 21.8 Å². The van der Waals surface area contributed by atoms with Gasteiger partial charge in [-0.25, -0.2) is 18.2 Å². The Morgan fingerprint density at radius 3 is 2.52 bits per heavy atom. The number of hydrogen-bond acceptors (Lipinski definition) is 7. The Morgan fingerprint density at radius 1 is 1.24 bits per heavy atom. The van der Waals surface area contributed by atoms with Gasteiger partial charge in [0.1, 0.15) is 6.10 Å². The van der Waals surface area contributed by atoms with E-state index in [0.29, 0.717) is 31.0 Å². The number of halogens is 3. The summed E-state index contributed by atoms with van der Waals surface area (Å²) in [5.41, 5.74) is 0.664. The molecule has 3 rings (SSSR count). The lowest BCUT2D eigenvalue weighted by atomic mass is 9.91. The fraction of sp³-hybridized carbons (Fsp3) is 0.571. The number of amides is 1. The number of rotatable bonds is 6.